The number of carbonyl (C=O) groups is 2. The fourth-order valence-corrected chi connectivity index (χ4v) is 2.58. The minimum atomic E-state index is -1.01. The average molecular weight is 291 g/mol. The van der Waals surface area contributed by atoms with Crippen LogP contribution in [-0.4, -0.2) is 35.7 Å². The van der Waals surface area contributed by atoms with E-state index in [2.05, 4.69) is 5.32 Å². The highest BCUT2D eigenvalue weighted by atomic mass is 16.5. The molecule has 3 unspecified atom stereocenters. The minimum absolute atomic E-state index is 0.0481. The van der Waals surface area contributed by atoms with Gasteiger partial charge in [-0.15, -0.1) is 0 Å². The molecule has 1 aromatic carbocycles. The van der Waals surface area contributed by atoms with Gasteiger partial charge in [-0.2, -0.15) is 0 Å². The number of aliphatic carboxylic acids is 1. The summed E-state index contributed by atoms with van der Waals surface area (Å²) in [5, 5.41) is 12.0. The topological polar surface area (TPSA) is 75.6 Å². The maximum atomic E-state index is 12.2. The van der Waals surface area contributed by atoms with E-state index < -0.39 is 12.0 Å². The summed E-state index contributed by atoms with van der Waals surface area (Å²) in [6.45, 7) is 2.48. The van der Waals surface area contributed by atoms with E-state index in [9.17, 15) is 14.7 Å². The second-order valence-corrected chi connectivity index (χ2v) is 5.49. The van der Waals surface area contributed by atoms with Crippen molar-refractivity contribution in [2.45, 2.75) is 38.3 Å². The molecular formula is C16H21NO4. The molecule has 2 rings (SSSR count). The number of rotatable bonds is 5. The van der Waals surface area contributed by atoms with Crippen LogP contribution in [0.2, 0.25) is 0 Å². The van der Waals surface area contributed by atoms with E-state index >= 15 is 0 Å². The van der Waals surface area contributed by atoms with Gasteiger partial charge >= 0.3 is 5.97 Å². The van der Waals surface area contributed by atoms with E-state index in [1.165, 1.54) is 0 Å². The SMILES string of the molecule is CC1CC(C(=O)NC(Cc2ccccc2)C(=O)O)CCO1. The Hall–Kier alpha value is -1.88. The maximum Gasteiger partial charge on any atom is 0.326 e. The van der Waals surface area contributed by atoms with Crippen LogP contribution in [0, 0.1) is 5.92 Å². The van der Waals surface area contributed by atoms with Crippen molar-refractivity contribution in [1.29, 1.82) is 0 Å². The molecule has 5 heteroatoms. The monoisotopic (exact) mass is 291 g/mol. The van der Waals surface area contributed by atoms with Crippen LogP contribution in [0.1, 0.15) is 25.3 Å². The van der Waals surface area contributed by atoms with Crippen molar-refractivity contribution in [2.24, 2.45) is 5.92 Å². The largest absolute Gasteiger partial charge is 0.480 e. The van der Waals surface area contributed by atoms with E-state index in [-0.39, 0.29) is 17.9 Å². The number of hydrogen-bond donors (Lipinski definition) is 2. The molecule has 1 amide bonds. The van der Waals surface area contributed by atoms with Gasteiger partial charge in [-0.05, 0) is 25.3 Å². The Bertz CT molecular complexity index is 488. The molecule has 0 radical (unpaired) electrons. The average Bonchev–Trinajstić information content (AvgIpc) is 2.47. The zero-order valence-electron chi connectivity index (χ0n) is 12.1. The molecule has 2 N–H and O–H groups in total. The molecule has 0 spiro atoms. The lowest BCUT2D eigenvalue weighted by atomic mass is 9.94. The summed E-state index contributed by atoms with van der Waals surface area (Å²) in [7, 11) is 0. The molecule has 0 bridgehead atoms. The number of carboxylic acids is 1. The minimum Gasteiger partial charge on any atom is -0.480 e. The smallest absolute Gasteiger partial charge is 0.326 e. The summed E-state index contributed by atoms with van der Waals surface area (Å²) in [6, 6.07) is 8.42. The van der Waals surface area contributed by atoms with Gasteiger partial charge in [-0.3, -0.25) is 4.79 Å². The number of nitrogens with one attached hydrogen (secondary N) is 1. The predicted molar refractivity (Wildman–Crippen MR) is 77.9 cm³/mol. The molecule has 1 aliphatic rings. The molecule has 1 aromatic rings. The lowest BCUT2D eigenvalue weighted by Gasteiger charge is -2.27. The van der Waals surface area contributed by atoms with Crippen molar-refractivity contribution in [3.8, 4) is 0 Å². The van der Waals surface area contributed by atoms with E-state index in [1.807, 2.05) is 37.3 Å². The van der Waals surface area contributed by atoms with Crippen molar-refractivity contribution in [2.75, 3.05) is 6.61 Å². The van der Waals surface area contributed by atoms with Crippen molar-refractivity contribution >= 4 is 11.9 Å². The number of ether oxygens (including phenoxy) is 1. The summed E-state index contributed by atoms with van der Waals surface area (Å²) in [5.74, 6) is -1.35. The Labute approximate surface area is 124 Å². The standard InChI is InChI=1S/C16H21NO4/c1-11-9-13(7-8-21-11)15(18)17-14(16(19)20)10-12-5-3-2-4-6-12/h2-6,11,13-14H,7-10H2,1H3,(H,17,18)(H,19,20). The Morgan fingerprint density at radius 2 is 2.10 bits per heavy atom. The highest BCUT2D eigenvalue weighted by Gasteiger charge is 2.29. The van der Waals surface area contributed by atoms with Crippen LogP contribution in [0.25, 0.3) is 0 Å². The first-order chi connectivity index (χ1) is 10.1. The summed E-state index contributed by atoms with van der Waals surface area (Å²) in [6.07, 6.45) is 1.63. The summed E-state index contributed by atoms with van der Waals surface area (Å²) < 4.78 is 5.41. The number of carboxylic acid groups (broad SMARTS) is 1. The van der Waals surface area contributed by atoms with E-state index in [4.69, 9.17) is 4.74 Å². The third-order valence-electron chi connectivity index (χ3n) is 3.75. The van der Waals surface area contributed by atoms with Crippen molar-refractivity contribution in [3.63, 3.8) is 0 Å². The van der Waals surface area contributed by atoms with Gasteiger partial charge in [0.25, 0.3) is 0 Å². The molecule has 3 atom stereocenters. The quantitative estimate of drug-likeness (QED) is 0.864. The second-order valence-electron chi connectivity index (χ2n) is 5.49. The molecule has 114 valence electrons. The van der Waals surface area contributed by atoms with Gasteiger partial charge in [0.1, 0.15) is 6.04 Å². The van der Waals surface area contributed by atoms with Crippen LogP contribution in [0.5, 0.6) is 0 Å². The van der Waals surface area contributed by atoms with E-state index in [0.717, 1.165) is 5.56 Å². The Kier molecular flexibility index (Phi) is 5.33. The number of amides is 1. The second kappa shape index (κ2) is 7.22. The maximum absolute atomic E-state index is 12.2. The third kappa shape index (κ3) is 4.56. The molecule has 5 nitrogen and oxygen atoms in total. The van der Waals surface area contributed by atoms with Gasteiger partial charge in [-0.1, -0.05) is 30.3 Å². The van der Waals surface area contributed by atoms with E-state index in [1.54, 1.807) is 0 Å². The molecule has 0 saturated carbocycles. The van der Waals surface area contributed by atoms with Crippen LogP contribution in [0.4, 0.5) is 0 Å². The molecule has 0 aliphatic carbocycles. The lowest BCUT2D eigenvalue weighted by Crippen LogP contribution is -2.46. The van der Waals surface area contributed by atoms with Gasteiger partial charge in [0.05, 0.1) is 6.10 Å². The van der Waals surface area contributed by atoms with Crippen molar-refractivity contribution < 1.29 is 19.4 Å². The van der Waals surface area contributed by atoms with E-state index in [0.29, 0.717) is 25.9 Å². The highest BCUT2D eigenvalue weighted by molar-refractivity contribution is 5.85. The Morgan fingerprint density at radius 3 is 2.71 bits per heavy atom. The summed E-state index contributed by atoms with van der Waals surface area (Å²) >= 11 is 0. The Morgan fingerprint density at radius 1 is 1.38 bits per heavy atom. The normalized spacial score (nSPS) is 23.3. The van der Waals surface area contributed by atoms with Crippen LogP contribution >= 0.6 is 0 Å². The Balaban J connectivity index is 1.96. The van der Waals surface area contributed by atoms with Crippen LogP contribution in [0.3, 0.4) is 0 Å². The van der Waals surface area contributed by atoms with Crippen LogP contribution in [-0.2, 0) is 20.7 Å². The number of benzene rings is 1. The van der Waals surface area contributed by atoms with Crippen LogP contribution in [0.15, 0.2) is 30.3 Å². The van der Waals surface area contributed by atoms with Gasteiger partial charge in [0, 0.05) is 18.9 Å². The lowest BCUT2D eigenvalue weighted by molar-refractivity contribution is -0.143. The molecule has 0 aromatic heterocycles. The number of hydrogen-bond acceptors (Lipinski definition) is 3. The molecule has 1 fully saturated rings. The first kappa shape index (κ1) is 15.5. The third-order valence-corrected chi connectivity index (χ3v) is 3.75. The number of carbonyl (C=O) groups excluding carboxylic acids is 1. The van der Waals surface area contributed by atoms with Gasteiger partial charge in [0.2, 0.25) is 5.91 Å². The first-order valence-corrected chi connectivity index (χ1v) is 7.25. The molecular weight excluding hydrogens is 270 g/mol. The molecule has 1 saturated heterocycles. The summed E-state index contributed by atoms with van der Waals surface area (Å²) in [4.78, 5) is 23.6. The first-order valence-electron chi connectivity index (χ1n) is 7.25. The molecule has 1 aliphatic heterocycles. The van der Waals surface area contributed by atoms with Crippen molar-refractivity contribution in [3.05, 3.63) is 35.9 Å². The zero-order valence-corrected chi connectivity index (χ0v) is 12.1. The predicted octanol–water partition coefficient (Wildman–Crippen LogP) is 1.61. The fourth-order valence-electron chi connectivity index (χ4n) is 2.58. The van der Waals surface area contributed by atoms with Gasteiger partial charge in [0.15, 0.2) is 0 Å². The fraction of sp³-hybridized carbons (Fsp3) is 0.500. The van der Waals surface area contributed by atoms with Crippen molar-refractivity contribution in [1.82, 2.24) is 5.32 Å². The van der Waals surface area contributed by atoms with Gasteiger partial charge in [-0.25, -0.2) is 4.79 Å². The van der Waals surface area contributed by atoms with Crippen LogP contribution < -0.4 is 5.32 Å². The zero-order chi connectivity index (χ0) is 15.2. The van der Waals surface area contributed by atoms with Gasteiger partial charge < -0.3 is 15.2 Å². The summed E-state index contributed by atoms with van der Waals surface area (Å²) in [5.41, 5.74) is 0.894. The molecule has 21 heavy (non-hydrogen) atoms. The molecule has 1 heterocycles. The highest BCUT2D eigenvalue weighted by Crippen LogP contribution is 2.20.